The van der Waals surface area contributed by atoms with Crippen LogP contribution in [0.25, 0.3) is 28.1 Å². The number of benzene rings is 2. The molecule has 3 aliphatic rings. The van der Waals surface area contributed by atoms with Gasteiger partial charge in [-0.05, 0) is 74.2 Å². The van der Waals surface area contributed by atoms with Crippen LogP contribution in [-0.4, -0.2) is 76.2 Å². The quantitative estimate of drug-likeness (QED) is 0.342. The lowest BCUT2D eigenvalue weighted by Gasteiger charge is -2.25. The van der Waals surface area contributed by atoms with Gasteiger partial charge in [0.2, 0.25) is 5.91 Å². The summed E-state index contributed by atoms with van der Waals surface area (Å²) in [6, 6.07) is 11.2. The molecule has 2 aliphatic heterocycles. The van der Waals surface area contributed by atoms with Gasteiger partial charge < -0.3 is 20.3 Å². The highest BCUT2D eigenvalue weighted by molar-refractivity contribution is 6.34. The van der Waals surface area contributed by atoms with Crippen molar-refractivity contribution in [2.75, 3.05) is 33.8 Å². The Morgan fingerprint density at radius 2 is 1.79 bits per heavy atom. The highest BCUT2D eigenvalue weighted by Crippen LogP contribution is 2.44. The fraction of sp³-hybridized carbons (Fsp3) is 0.312. The van der Waals surface area contributed by atoms with Crippen LogP contribution in [0.2, 0.25) is 10.0 Å². The van der Waals surface area contributed by atoms with Crippen LogP contribution < -0.4 is 10.5 Å². The van der Waals surface area contributed by atoms with Gasteiger partial charge in [0.1, 0.15) is 5.75 Å². The number of carbonyl (C=O) groups excluding carboxylic acids is 2. The second-order valence-corrected chi connectivity index (χ2v) is 12.5. The van der Waals surface area contributed by atoms with Crippen molar-refractivity contribution < 1.29 is 14.3 Å². The molecule has 0 bridgehead atoms. The maximum Gasteiger partial charge on any atom is 0.274 e. The van der Waals surface area contributed by atoms with Gasteiger partial charge in [-0.1, -0.05) is 23.2 Å². The normalized spacial score (nSPS) is 19.2. The molecule has 2 N–H and O–H groups in total. The number of aromatic nitrogens is 3. The molecule has 220 valence electrons. The lowest BCUT2D eigenvalue weighted by atomic mass is 9.86. The summed E-state index contributed by atoms with van der Waals surface area (Å²) >= 11 is 12.9. The number of likely N-dealkylation sites (N-methyl/N-ethyl adjacent to an activating group) is 1. The van der Waals surface area contributed by atoms with E-state index in [1.165, 1.54) is 6.20 Å². The molecule has 9 nitrogen and oxygen atoms in total. The first kappa shape index (κ1) is 27.9. The number of hydrogen-bond donors (Lipinski definition) is 1. The van der Waals surface area contributed by atoms with E-state index in [1.54, 1.807) is 42.3 Å². The first-order chi connectivity index (χ1) is 20.7. The third kappa shape index (κ3) is 4.76. The Bertz CT molecular complexity index is 1780. The van der Waals surface area contributed by atoms with E-state index < -0.39 is 5.91 Å². The monoisotopic (exact) mass is 616 g/mol. The van der Waals surface area contributed by atoms with Crippen LogP contribution >= 0.6 is 23.2 Å². The zero-order valence-corrected chi connectivity index (χ0v) is 25.3. The Balaban J connectivity index is 1.42. The fourth-order valence-electron chi connectivity index (χ4n) is 6.97. The van der Waals surface area contributed by atoms with E-state index in [-0.39, 0.29) is 11.9 Å². The predicted octanol–water partition coefficient (Wildman–Crippen LogP) is 4.89. The number of likely N-dealkylation sites (tertiary alicyclic amines) is 2. The molecular weight excluding hydrogens is 587 g/mol. The SMILES string of the molecule is COc1cc2c(cc1-c1cncc(C(N)=O)c1)-c1c(c(C(=O)N3CC[C@H]4CN(C)C[C@H]43)nn1-c1cc(Cl)cc(Cl)c1)CC2. The number of ether oxygens (including phenoxy) is 1. The molecule has 0 unspecified atom stereocenters. The largest absolute Gasteiger partial charge is 0.496 e. The van der Waals surface area contributed by atoms with Crippen LogP contribution in [0.5, 0.6) is 5.75 Å². The molecule has 11 heteroatoms. The number of fused-ring (bicyclic) bond motifs is 4. The molecule has 43 heavy (non-hydrogen) atoms. The summed E-state index contributed by atoms with van der Waals surface area (Å²) in [5.74, 6) is 0.526. The highest BCUT2D eigenvalue weighted by Gasteiger charge is 2.44. The number of nitrogens with two attached hydrogens (primary N) is 1. The first-order valence-electron chi connectivity index (χ1n) is 14.3. The smallest absolute Gasteiger partial charge is 0.274 e. The van der Waals surface area contributed by atoms with E-state index in [4.69, 9.17) is 38.8 Å². The Hall–Kier alpha value is -3.92. The zero-order valence-electron chi connectivity index (χ0n) is 23.8. The van der Waals surface area contributed by atoms with Crippen LogP contribution in [-0.2, 0) is 12.8 Å². The molecule has 0 saturated carbocycles. The van der Waals surface area contributed by atoms with Gasteiger partial charge in [-0.15, -0.1) is 0 Å². The third-order valence-corrected chi connectivity index (χ3v) is 9.36. The number of methoxy groups -OCH3 is 1. The van der Waals surface area contributed by atoms with Gasteiger partial charge in [0.15, 0.2) is 5.69 Å². The molecule has 2 amide bonds. The summed E-state index contributed by atoms with van der Waals surface area (Å²) in [6.45, 7) is 2.60. The Labute approximate surface area is 259 Å². The molecule has 4 aromatic rings. The average Bonchev–Trinajstić information content (AvgIpc) is 3.68. The van der Waals surface area contributed by atoms with Gasteiger partial charge >= 0.3 is 0 Å². The summed E-state index contributed by atoms with van der Waals surface area (Å²) in [6.07, 6.45) is 5.45. The number of nitrogens with zero attached hydrogens (tertiary/aromatic N) is 5. The lowest BCUT2D eigenvalue weighted by Crippen LogP contribution is -2.39. The van der Waals surface area contributed by atoms with Crippen LogP contribution in [0.1, 0.15) is 38.4 Å². The molecule has 0 radical (unpaired) electrons. The number of pyridine rings is 1. The van der Waals surface area contributed by atoms with Gasteiger partial charge in [0, 0.05) is 70.4 Å². The molecule has 2 saturated heterocycles. The third-order valence-electron chi connectivity index (χ3n) is 8.93. The molecule has 2 aromatic heterocycles. The van der Waals surface area contributed by atoms with Gasteiger partial charge in [-0.3, -0.25) is 14.6 Å². The topological polar surface area (TPSA) is 107 Å². The number of amides is 2. The minimum atomic E-state index is -0.565. The van der Waals surface area contributed by atoms with E-state index >= 15 is 0 Å². The Kier molecular flexibility index (Phi) is 6.91. The number of halogens is 2. The molecule has 1 aliphatic carbocycles. The van der Waals surface area contributed by atoms with E-state index in [9.17, 15) is 9.59 Å². The van der Waals surface area contributed by atoms with Crippen molar-refractivity contribution >= 4 is 35.0 Å². The van der Waals surface area contributed by atoms with Gasteiger partial charge in [0.05, 0.1) is 24.1 Å². The molecule has 2 aromatic carbocycles. The number of carbonyl (C=O) groups is 2. The fourth-order valence-corrected chi connectivity index (χ4v) is 7.48. The van der Waals surface area contributed by atoms with Crippen LogP contribution in [0, 0.1) is 5.92 Å². The van der Waals surface area contributed by atoms with E-state index in [1.807, 2.05) is 17.0 Å². The van der Waals surface area contributed by atoms with Crippen molar-refractivity contribution in [1.82, 2.24) is 24.6 Å². The van der Waals surface area contributed by atoms with Gasteiger partial charge in [-0.25, -0.2) is 4.68 Å². The highest BCUT2D eigenvalue weighted by atomic mass is 35.5. The lowest BCUT2D eigenvalue weighted by molar-refractivity contribution is 0.0721. The van der Waals surface area contributed by atoms with Crippen molar-refractivity contribution in [3.05, 3.63) is 81.2 Å². The molecule has 4 heterocycles. The molecule has 2 atom stereocenters. The van der Waals surface area contributed by atoms with Crippen molar-refractivity contribution in [3.63, 3.8) is 0 Å². The maximum absolute atomic E-state index is 14.3. The summed E-state index contributed by atoms with van der Waals surface area (Å²) in [5.41, 5.74) is 12.1. The van der Waals surface area contributed by atoms with Crippen LogP contribution in [0.3, 0.4) is 0 Å². The van der Waals surface area contributed by atoms with Gasteiger partial charge in [-0.2, -0.15) is 5.10 Å². The standard InChI is InChI=1S/C32H30Cl2N6O3/c1-38-15-18-5-6-39(27(18)16-38)32(42)29-24-4-3-17-8-28(43-2)25(19-7-20(31(35)41)14-36-13-19)12-26(17)30(24)40(37-29)23-10-21(33)9-22(34)11-23/h7-14,18,27H,3-6,15-16H2,1-2H3,(H2,35,41)/t18-,27+/m0/s1. The molecule has 0 spiro atoms. The summed E-state index contributed by atoms with van der Waals surface area (Å²) in [5, 5.41) is 5.93. The van der Waals surface area contributed by atoms with Crippen molar-refractivity contribution in [3.8, 4) is 33.8 Å². The summed E-state index contributed by atoms with van der Waals surface area (Å²) in [4.78, 5) is 34.7. The van der Waals surface area contributed by atoms with E-state index in [0.29, 0.717) is 57.1 Å². The first-order valence-corrected chi connectivity index (χ1v) is 15.0. The average molecular weight is 618 g/mol. The van der Waals surface area contributed by atoms with Gasteiger partial charge in [0.25, 0.3) is 5.91 Å². The second-order valence-electron chi connectivity index (χ2n) is 11.6. The summed E-state index contributed by atoms with van der Waals surface area (Å²) in [7, 11) is 3.72. The van der Waals surface area contributed by atoms with Crippen molar-refractivity contribution in [1.29, 1.82) is 0 Å². The number of rotatable bonds is 5. The Morgan fingerprint density at radius 1 is 1.00 bits per heavy atom. The van der Waals surface area contributed by atoms with Crippen LogP contribution in [0.4, 0.5) is 0 Å². The minimum Gasteiger partial charge on any atom is -0.496 e. The van der Waals surface area contributed by atoms with Crippen LogP contribution in [0.15, 0.2) is 48.8 Å². The number of hydrogen-bond acceptors (Lipinski definition) is 6. The molecule has 7 rings (SSSR count). The zero-order chi connectivity index (χ0) is 30.0. The van der Waals surface area contributed by atoms with E-state index in [2.05, 4.69) is 16.9 Å². The Morgan fingerprint density at radius 3 is 2.53 bits per heavy atom. The predicted molar refractivity (Wildman–Crippen MR) is 165 cm³/mol. The van der Waals surface area contributed by atoms with E-state index in [0.717, 1.165) is 54.0 Å². The molecule has 2 fully saturated rings. The minimum absolute atomic E-state index is 0.0403. The number of aryl methyl sites for hydroxylation is 1. The maximum atomic E-state index is 14.3. The summed E-state index contributed by atoms with van der Waals surface area (Å²) < 4.78 is 7.59. The second kappa shape index (κ2) is 10.7. The number of primary amides is 1. The molecular formula is C32H30Cl2N6O3. The van der Waals surface area contributed by atoms with Crippen molar-refractivity contribution in [2.24, 2.45) is 11.7 Å². The van der Waals surface area contributed by atoms with Crippen molar-refractivity contribution in [2.45, 2.75) is 25.3 Å².